The first kappa shape index (κ1) is 20.3. The summed E-state index contributed by atoms with van der Waals surface area (Å²) in [6, 6.07) is 9.08. The summed E-state index contributed by atoms with van der Waals surface area (Å²) in [7, 11) is 1.69. The van der Waals surface area contributed by atoms with Crippen molar-refractivity contribution in [2.75, 3.05) is 26.7 Å². The molecule has 0 radical (unpaired) electrons. The number of para-hydroxylation sites is 1. The molecular formula is C19H34N4O. The fourth-order valence-electron chi connectivity index (χ4n) is 2.76. The van der Waals surface area contributed by atoms with Gasteiger partial charge in [0.2, 0.25) is 0 Å². The fourth-order valence-corrected chi connectivity index (χ4v) is 2.76. The summed E-state index contributed by atoms with van der Waals surface area (Å²) in [6.07, 6.45) is 0. The van der Waals surface area contributed by atoms with E-state index in [-0.39, 0.29) is 0 Å². The number of aliphatic imine (C=N–C) groups is 1. The van der Waals surface area contributed by atoms with Crippen LogP contribution in [0.15, 0.2) is 29.3 Å². The van der Waals surface area contributed by atoms with Crippen molar-refractivity contribution < 1.29 is 4.74 Å². The van der Waals surface area contributed by atoms with Crippen molar-refractivity contribution in [3.05, 3.63) is 29.8 Å². The van der Waals surface area contributed by atoms with Crippen LogP contribution >= 0.6 is 0 Å². The van der Waals surface area contributed by atoms with Crippen LogP contribution in [0.2, 0.25) is 0 Å². The van der Waals surface area contributed by atoms with Gasteiger partial charge in [-0.15, -0.1) is 0 Å². The Morgan fingerprint density at radius 3 is 2.38 bits per heavy atom. The minimum Gasteiger partial charge on any atom is -0.496 e. The predicted octanol–water partition coefficient (Wildman–Crippen LogP) is 2.87. The van der Waals surface area contributed by atoms with Gasteiger partial charge in [-0.25, -0.2) is 4.99 Å². The van der Waals surface area contributed by atoms with Gasteiger partial charge in [-0.3, -0.25) is 4.90 Å². The first-order valence-electron chi connectivity index (χ1n) is 8.89. The quantitative estimate of drug-likeness (QED) is 0.538. The molecule has 0 aliphatic carbocycles. The molecule has 0 saturated heterocycles. The molecule has 0 aromatic heterocycles. The highest BCUT2D eigenvalue weighted by Gasteiger charge is 2.12. The number of methoxy groups -OCH3 is 1. The minimum absolute atomic E-state index is 0.542. The Labute approximate surface area is 147 Å². The number of guanidine groups is 1. The number of rotatable bonds is 9. The number of hydrogen-bond donors (Lipinski definition) is 2. The first-order valence-corrected chi connectivity index (χ1v) is 8.89. The van der Waals surface area contributed by atoms with Crippen molar-refractivity contribution in [3.63, 3.8) is 0 Å². The molecule has 1 rings (SSSR count). The Kier molecular flexibility index (Phi) is 9.23. The molecule has 0 bridgehead atoms. The third-order valence-electron chi connectivity index (χ3n) is 3.93. The van der Waals surface area contributed by atoms with E-state index in [0.717, 1.165) is 36.9 Å². The van der Waals surface area contributed by atoms with Gasteiger partial charge in [0.05, 0.1) is 13.7 Å². The third-order valence-corrected chi connectivity index (χ3v) is 3.93. The molecule has 1 aromatic rings. The first-order chi connectivity index (χ1) is 11.5. The maximum Gasteiger partial charge on any atom is 0.191 e. The molecule has 24 heavy (non-hydrogen) atoms. The topological polar surface area (TPSA) is 48.9 Å². The van der Waals surface area contributed by atoms with E-state index >= 15 is 0 Å². The second kappa shape index (κ2) is 10.9. The Morgan fingerprint density at radius 1 is 1.12 bits per heavy atom. The third kappa shape index (κ3) is 6.79. The highest BCUT2D eigenvalue weighted by Crippen LogP contribution is 2.17. The molecule has 2 N–H and O–H groups in total. The smallest absolute Gasteiger partial charge is 0.191 e. The van der Waals surface area contributed by atoms with Crippen molar-refractivity contribution in [2.24, 2.45) is 4.99 Å². The van der Waals surface area contributed by atoms with Gasteiger partial charge >= 0.3 is 0 Å². The van der Waals surface area contributed by atoms with Crippen molar-refractivity contribution >= 4 is 5.96 Å². The molecule has 0 aliphatic heterocycles. The van der Waals surface area contributed by atoms with Crippen molar-refractivity contribution in [1.82, 2.24) is 15.5 Å². The lowest BCUT2D eigenvalue weighted by Gasteiger charge is -2.30. The number of benzene rings is 1. The molecular weight excluding hydrogens is 300 g/mol. The average molecular weight is 335 g/mol. The van der Waals surface area contributed by atoms with Crippen LogP contribution in [-0.4, -0.2) is 49.7 Å². The van der Waals surface area contributed by atoms with Gasteiger partial charge in [0, 0.05) is 37.3 Å². The van der Waals surface area contributed by atoms with Gasteiger partial charge in [0.25, 0.3) is 0 Å². The summed E-state index contributed by atoms with van der Waals surface area (Å²) in [5.41, 5.74) is 1.09. The van der Waals surface area contributed by atoms with Crippen LogP contribution in [0.25, 0.3) is 0 Å². The maximum absolute atomic E-state index is 5.39. The number of ether oxygens (including phenoxy) is 1. The average Bonchev–Trinajstić information content (AvgIpc) is 2.55. The van der Waals surface area contributed by atoms with Gasteiger partial charge in [0.1, 0.15) is 5.75 Å². The second-order valence-electron chi connectivity index (χ2n) is 6.36. The van der Waals surface area contributed by atoms with E-state index in [1.807, 2.05) is 24.3 Å². The van der Waals surface area contributed by atoms with E-state index in [2.05, 4.69) is 55.1 Å². The van der Waals surface area contributed by atoms with Crippen LogP contribution in [0.5, 0.6) is 5.75 Å². The summed E-state index contributed by atoms with van der Waals surface area (Å²) >= 11 is 0. The van der Waals surface area contributed by atoms with Gasteiger partial charge in [-0.1, -0.05) is 18.2 Å². The lowest BCUT2D eigenvalue weighted by Crippen LogP contribution is -2.45. The van der Waals surface area contributed by atoms with Crippen LogP contribution in [-0.2, 0) is 6.54 Å². The highest BCUT2D eigenvalue weighted by atomic mass is 16.5. The molecule has 1 aromatic carbocycles. The van der Waals surface area contributed by atoms with E-state index in [0.29, 0.717) is 18.6 Å². The van der Waals surface area contributed by atoms with E-state index in [1.54, 1.807) is 7.11 Å². The molecule has 0 aliphatic rings. The molecule has 0 saturated carbocycles. The molecule has 136 valence electrons. The highest BCUT2D eigenvalue weighted by molar-refractivity contribution is 5.79. The summed E-state index contributed by atoms with van der Waals surface area (Å²) in [6.45, 7) is 14.3. The van der Waals surface area contributed by atoms with Crippen molar-refractivity contribution in [3.8, 4) is 5.75 Å². The zero-order chi connectivity index (χ0) is 17.9. The number of nitrogens with one attached hydrogen (secondary N) is 2. The predicted molar refractivity (Wildman–Crippen MR) is 103 cm³/mol. The SMILES string of the molecule is CCNC(=NCc1ccccc1OC)NCCN(C(C)C)C(C)C. The largest absolute Gasteiger partial charge is 0.496 e. The Morgan fingerprint density at radius 2 is 1.79 bits per heavy atom. The Balaban J connectivity index is 2.62. The Hall–Kier alpha value is -1.75. The van der Waals surface area contributed by atoms with Gasteiger partial charge < -0.3 is 15.4 Å². The molecule has 0 heterocycles. The van der Waals surface area contributed by atoms with Crippen LogP contribution < -0.4 is 15.4 Å². The maximum atomic E-state index is 5.39. The molecule has 0 amide bonds. The molecule has 0 unspecified atom stereocenters. The number of hydrogen-bond acceptors (Lipinski definition) is 3. The van der Waals surface area contributed by atoms with Gasteiger partial charge in [-0.05, 0) is 40.7 Å². The normalized spacial score (nSPS) is 12.1. The summed E-state index contributed by atoms with van der Waals surface area (Å²) in [5.74, 6) is 1.72. The van der Waals surface area contributed by atoms with Crippen LogP contribution in [0, 0.1) is 0 Å². The lowest BCUT2D eigenvalue weighted by atomic mass is 10.2. The molecule has 0 fully saturated rings. The van der Waals surface area contributed by atoms with E-state index < -0.39 is 0 Å². The van der Waals surface area contributed by atoms with Crippen molar-refractivity contribution in [1.29, 1.82) is 0 Å². The fraction of sp³-hybridized carbons (Fsp3) is 0.632. The van der Waals surface area contributed by atoms with Crippen molar-refractivity contribution in [2.45, 2.75) is 53.2 Å². The van der Waals surface area contributed by atoms with E-state index in [9.17, 15) is 0 Å². The van der Waals surface area contributed by atoms with E-state index in [1.165, 1.54) is 0 Å². The van der Waals surface area contributed by atoms with Crippen LogP contribution in [0.1, 0.15) is 40.2 Å². The summed E-state index contributed by atoms with van der Waals surface area (Å²) in [4.78, 5) is 7.14. The molecule has 0 atom stereocenters. The second-order valence-corrected chi connectivity index (χ2v) is 6.36. The standard InChI is InChI=1S/C19H34N4O/c1-7-20-19(21-12-13-23(15(2)3)16(4)5)22-14-17-10-8-9-11-18(17)24-6/h8-11,15-16H,7,12-14H2,1-6H3,(H2,20,21,22). The Bertz CT molecular complexity index is 492. The molecule has 5 nitrogen and oxygen atoms in total. The summed E-state index contributed by atoms with van der Waals surface area (Å²) < 4.78 is 5.39. The summed E-state index contributed by atoms with van der Waals surface area (Å²) in [5, 5.41) is 6.73. The van der Waals surface area contributed by atoms with Gasteiger partial charge in [-0.2, -0.15) is 0 Å². The number of nitrogens with zero attached hydrogens (tertiary/aromatic N) is 2. The zero-order valence-corrected chi connectivity index (χ0v) is 16.1. The zero-order valence-electron chi connectivity index (χ0n) is 16.1. The molecule has 5 heteroatoms. The van der Waals surface area contributed by atoms with Gasteiger partial charge in [0.15, 0.2) is 5.96 Å². The lowest BCUT2D eigenvalue weighted by molar-refractivity contribution is 0.178. The van der Waals surface area contributed by atoms with Crippen LogP contribution in [0.3, 0.4) is 0 Å². The monoisotopic (exact) mass is 334 g/mol. The van der Waals surface area contributed by atoms with Crippen LogP contribution in [0.4, 0.5) is 0 Å². The molecule has 0 spiro atoms. The van der Waals surface area contributed by atoms with E-state index in [4.69, 9.17) is 4.74 Å². The minimum atomic E-state index is 0.542.